The lowest BCUT2D eigenvalue weighted by molar-refractivity contribution is -0.162. The molecule has 3 amide bonds. The molecular formula is C37H42ClN3O8. The summed E-state index contributed by atoms with van der Waals surface area (Å²) in [5, 5.41) is 12.7. The van der Waals surface area contributed by atoms with Crippen molar-refractivity contribution in [1.29, 1.82) is 0 Å². The van der Waals surface area contributed by atoms with Crippen molar-refractivity contribution in [2.24, 2.45) is 11.8 Å². The van der Waals surface area contributed by atoms with Gasteiger partial charge in [-0.3, -0.25) is 19.2 Å². The average Bonchev–Trinajstić information content (AvgIpc) is 3.48. The van der Waals surface area contributed by atoms with Crippen LogP contribution in [0, 0.1) is 11.8 Å². The van der Waals surface area contributed by atoms with Crippen molar-refractivity contribution in [2.45, 2.75) is 62.0 Å². The number of rotatable bonds is 9. The van der Waals surface area contributed by atoms with Crippen LogP contribution in [0.4, 0.5) is 5.69 Å². The van der Waals surface area contributed by atoms with Crippen molar-refractivity contribution in [3.63, 3.8) is 0 Å². The number of carbonyl (C=O) groups excluding carboxylic acids is 4. The molecule has 6 rings (SSSR count). The van der Waals surface area contributed by atoms with Gasteiger partial charge in [-0.1, -0.05) is 78.4 Å². The smallest absolute Gasteiger partial charge is 0.313 e. The van der Waals surface area contributed by atoms with E-state index in [1.165, 1.54) is 12.0 Å². The molecule has 0 saturated carbocycles. The topological polar surface area (TPSA) is 135 Å². The van der Waals surface area contributed by atoms with Crippen LogP contribution >= 0.6 is 11.6 Å². The Bertz CT molecular complexity index is 1600. The lowest BCUT2D eigenvalue weighted by atomic mass is 9.77. The van der Waals surface area contributed by atoms with Crippen LogP contribution in [0.1, 0.15) is 43.8 Å². The number of hydrogen-bond acceptors (Lipinski definition) is 8. The summed E-state index contributed by atoms with van der Waals surface area (Å²) >= 11 is 6.57. The van der Waals surface area contributed by atoms with Crippen LogP contribution in [0.2, 0.25) is 5.02 Å². The van der Waals surface area contributed by atoms with Gasteiger partial charge in [-0.25, -0.2) is 0 Å². The summed E-state index contributed by atoms with van der Waals surface area (Å²) in [6.07, 6.45) is 7.48. The molecule has 2 saturated heterocycles. The summed E-state index contributed by atoms with van der Waals surface area (Å²) in [5.74, 6) is -3.82. The van der Waals surface area contributed by atoms with Gasteiger partial charge in [0.1, 0.15) is 23.7 Å². The van der Waals surface area contributed by atoms with Gasteiger partial charge >= 0.3 is 5.97 Å². The third-order valence-corrected chi connectivity index (χ3v) is 10.1. The van der Waals surface area contributed by atoms with E-state index in [2.05, 4.69) is 5.32 Å². The molecule has 0 aliphatic carbocycles. The largest absolute Gasteiger partial charge is 0.455 e. The maximum atomic E-state index is 14.7. The van der Waals surface area contributed by atoms with Crippen LogP contribution in [0.3, 0.4) is 0 Å². The molecule has 0 aromatic heterocycles. The number of fused-ring (bicyclic) bond motifs is 2. The first kappa shape index (κ1) is 34.8. The molecule has 4 heterocycles. The maximum Gasteiger partial charge on any atom is 0.313 e. The molecule has 2 aromatic carbocycles. The number of aliphatic hydroxyl groups excluding tert-OH is 1. The fraction of sp³-hybridized carbons (Fsp3) is 0.459. The fourth-order valence-electron chi connectivity index (χ4n) is 7.59. The van der Waals surface area contributed by atoms with E-state index >= 15 is 0 Å². The van der Waals surface area contributed by atoms with Crippen LogP contribution in [0.5, 0.6) is 0 Å². The summed E-state index contributed by atoms with van der Waals surface area (Å²) < 4.78 is 18.6. The SMILES string of the molecule is COC[C@H]1NC(=O)CC/C=C\[C@H]2O[C@]34C=CCN(c5ccccc5Cl)C(=O)[C@H]3N(CCCCCO)C(=O)[C@@H]4[C@H]2C(=O)O[C@@H]1c1ccccc1. The lowest BCUT2D eigenvalue weighted by Crippen LogP contribution is -2.55. The number of unbranched alkanes of at least 4 members (excludes halogenated alkanes) is 2. The maximum absolute atomic E-state index is 14.7. The number of halogens is 1. The fourth-order valence-corrected chi connectivity index (χ4v) is 7.83. The average molecular weight is 692 g/mol. The van der Waals surface area contributed by atoms with Crippen LogP contribution in [-0.2, 0) is 33.4 Å². The molecule has 4 aliphatic rings. The molecule has 2 aromatic rings. The summed E-state index contributed by atoms with van der Waals surface area (Å²) in [7, 11) is 1.51. The molecule has 0 radical (unpaired) electrons. The number of amides is 3. The number of anilines is 1. The van der Waals surface area contributed by atoms with Gasteiger partial charge in [-0.05, 0) is 43.4 Å². The van der Waals surface area contributed by atoms with E-state index in [1.807, 2.05) is 30.3 Å². The number of ether oxygens (including phenoxy) is 3. The summed E-state index contributed by atoms with van der Waals surface area (Å²) in [6.45, 7) is 0.508. The normalized spacial score (nSPS) is 30.8. The number of benzene rings is 2. The van der Waals surface area contributed by atoms with E-state index in [0.29, 0.717) is 42.0 Å². The van der Waals surface area contributed by atoms with Crippen LogP contribution in [-0.4, -0.2) is 90.9 Å². The quantitative estimate of drug-likeness (QED) is 0.231. The second-order valence-electron chi connectivity index (χ2n) is 12.8. The van der Waals surface area contributed by atoms with Crippen LogP contribution in [0.15, 0.2) is 78.9 Å². The second-order valence-corrected chi connectivity index (χ2v) is 13.2. The van der Waals surface area contributed by atoms with Crippen LogP contribution < -0.4 is 10.2 Å². The first-order valence-electron chi connectivity index (χ1n) is 16.8. The van der Waals surface area contributed by atoms with Gasteiger partial charge < -0.3 is 34.4 Å². The zero-order valence-electron chi connectivity index (χ0n) is 27.4. The van der Waals surface area contributed by atoms with Crippen molar-refractivity contribution in [1.82, 2.24) is 10.2 Å². The third-order valence-electron chi connectivity index (χ3n) is 9.76. The molecule has 12 heteroatoms. The predicted molar refractivity (Wildman–Crippen MR) is 181 cm³/mol. The lowest BCUT2D eigenvalue weighted by Gasteiger charge is -2.35. The number of esters is 1. The minimum absolute atomic E-state index is 0.0179. The zero-order chi connectivity index (χ0) is 34.5. The van der Waals surface area contributed by atoms with E-state index in [0.717, 1.165) is 0 Å². The number of likely N-dealkylation sites (tertiary alicyclic amines) is 1. The van der Waals surface area contributed by atoms with Gasteiger partial charge in [-0.2, -0.15) is 0 Å². The van der Waals surface area contributed by atoms with Crippen LogP contribution in [0.25, 0.3) is 0 Å². The highest BCUT2D eigenvalue weighted by Gasteiger charge is 2.71. The Kier molecular flexibility index (Phi) is 10.8. The van der Waals surface area contributed by atoms with E-state index in [9.17, 15) is 24.3 Å². The predicted octanol–water partition coefficient (Wildman–Crippen LogP) is 3.75. The highest BCUT2D eigenvalue weighted by atomic mass is 35.5. The Hall–Kier alpha value is -4.03. The molecule has 1 spiro atoms. The minimum atomic E-state index is -1.48. The standard InChI is InChI=1S/C37H42ClN3O8/c1-47-23-26-32(24-13-4-2-5-14-24)48-36(46)30-28(17-8-9-18-29(43)39-26)49-37-19-12-21-40(27-16-7-6-15-25(27)38)35(45)33(37)41(34(44)31(30)37)20-10-3-11-22-42/h2,4-8,12-17,19,26,28,30-33,42H,3,9-11,18,20-23H2,1H3,(H,39,43)/b17-8-/t26-,28-,30+,31+,32-,33-,37+/m1/s1. The van der Waals surface area contributed by atoms with Crippen molar-refractivity contribution in [2.75, 3.05) is 38.3 Å². The third kappa shape index (κ3) is 6.77. The summed E-state index contributed by atoms with van der Waals surface area (Å²) in [5.41, 5.74) is -0.331. The Morgan fingerprint density at radius 1 is 1.00 bits per heavy atom. The minimum Gasteiger partial charge on any atom is -0.455 e. The molecule has 11 nitrogen and oxygen atoms in total. The van der Waals surface area contributed by atoms with Gasteiger partial charge in [0, 0.05) is 33.2 Å². The number of hydrogen-bond donors (Lipinski definition) is 2. The molecule has 7 atom stereocenters. The van der Waals surface area contributed by atoms with Gasteiger partial charge in [0.25, 0.3) is 5.91 Å². The molecule has 260 valence electrons. The van der Waals surface area contributed by atoms with Gasteiger partial charge in [0.15, 0.2) is 0 Å². The van der Waals surface area contributed by atoms with E-state index in [4.69, 9.17) is 25.8 Å². The number of nitrogens with one attached hydrogen (secondary N) is 1. The number of methoxy groups -OCH3 is 1. The Balaban J connectivity index is 1.43. The second kappa shape index (κ2) is 15.2. The molecular weight excluding hydrogens is 650 g/mol. The number of allylic oxidation sites excluding steroid dienone is 1. The Morgan fingerprint density at radius 3 is 2.53 bits per heavy atom. The molecule has 0 bridgehead atoms. The number of cyclic esters (lactones) is 1. The molecule has 2 fully saturated rings. The first-order valence-corrected chi connectivity index (χ1v) is 17.2. The van der Waals surface area contributed by atoms with Gasteiger partial charge in [0.05, 0.1) is 35.4 Å². The number of aliphatic hydroxyl groups is 1. The number of nitrogens with zero attached hydrogens (tertiary/aromatic N) is 2. The van der Waals surface area contributed by atoms with Crippen molar-refractivity contribution < 1.29 is 38.5 Å². The van der Waals surface area contributed by atoms with Gasteiger partial charge in [0.2, 0.25) is 11.8 Å². The monoisotopic (exact) mass is 691 g/mol. The highest BCUT2D eigenvalue weighted by Crippen LogP contribution is 2.53. The molecule has 2 N–H and O–H groups in total. The number of carbonyl (C=O) groups is 4. The van der Waals surface area contributed by atoms with Crippen molar-refractivity contribution in [3.05, 3.63) is 89.5 Å². The van der Waals surface area contributed by atoms with Crippen molar-refractivity contribution in [3.8, 4) is 0 Å². The first-order chi connectivity index (χ1) is 23.8. The number of para-hydroxylation sites is 1. The van der Waals surface area contributed by atoms with E-state index < -0.39 is 47.7 Å². The Labute approximate surface area is 290 Å². The van der Waals surface area contributed by atoms with E-state index in [1.54, 1.807) is 53.5 Å². The van der Waals surface area contributed by atoms with Gasteiger partial charge in [-0.15, -0.1) is 0 Å². The highest BCUT2D eigenvalue weighted by molar-refractivity contribution is 6.34. The summed E-state index contributed by atoms with van der Waals surface area (Å²) in [6, 6.07) is 14.3. The molecule has 49 heavy (non-hydrogen) atoms. The summed E-state index contributed by atoms with van der Waals surface area (Å²) in [4.78, 5) is 60.0. The van der Waals surface area contributed by atoms with E-state index in [-0.39, 0.29) is 50.4 Å². The molecule has 0 unspecified atom stereocenters. The molecule has 4 aliphatic heterocycles. The Morgan fingerprint density at radius 2 is 1.78 bits per heavy atom. The van der Waals surface area contributed by atoms with Crippen molar-refractivity contribution >= 4 is 41.0 Å². The zero-order valence-corrected chi connectivity index (χ0v) is 28.2.